The molecule has 1 fully saturated rings. The van der Waals surface area contributed by atoms with E-state index in [4.69, 9.17) is 11.5 Å². The lowest BCUT2D eigenvalue weighted by atomic mass is 9.86. The van der Waals surface area contributed by atoms with Gasteiger partial charge in [0.05, 0.1) is 0 Å². The summed E-state index contributed by atoms with van der Waals surface area (Å²) in [4.78, 5) is 12.1. The molecule has 3 heteroatoms. The molecular formula is C16H19NO2. The van der Waals surface area contributed by atoms with Crippen molar-refractivity contribution in [3.05, 3.63) is 35.4 Å². The van der Waals surface area contributed by atoms with E-state index in [9.17, 15) is 4.79 Å². The van der Waals surface area contributed by atoms with Gasteiger partial charge in [-0.05, 0) is 55.9 Å². The number of rotatable bonds is 3. The number of carbonyl (C=O) groups excluding carboxylic acids is 1. The van der Waals surface area contributed by atoms with Gasteiger partial charge in [-0.3, -0.25) is 4.79 Å². The van der Waals surface area contributed by atoms with Crippen molar-refractivity contribution in [1.82, 2.24) is 5.32 Å². The molecule has 0 aliphatic heterocycles. The van der Waals surface area contributed by atoms with E-state index in [0.29, 0.717) is 11.5 Å². The van der Waals surface area contributed by atoms with Gasteiger partial charge in [-0.25, -0.2) is 0 Å². The van der Waals surface area contributed by atoms with Gasteiger partial charge >= 0.3 is 0 Å². The predicted octanol–water partition coefficient (Wildman–Crippen LogP) is 1.95. The first-order chi connectivity index (χ1) is 9.22. The van der Waals surface area contributed by atoms with Crippen LogP contribution in [0.5, 0.6) is 0 Å². The number of aliphatic hydroxyl groups is 1. The van der Waals surface area contributed by atoms with Gasteiger partial charge in [-0.2, -0.15) is 0 Å². The molecule has 0 saturated heterocycles. The third kappa shape index (κ3) is 3.59. The number of nitrogens with one attached hydrogen (secondary N) is 1. The van der Waals surface area contributed by atoms with Crippen LogP contribution in [0.3, 0.4) is 0 Å². The van der Waals surface area contributed by atoms with Crippen molar-refractivity contribution in [2.24, 2.45) is 5.92 Å². The highest BCUT2D eigenvalue weighted by molar-refractivity contribution is 5.94. The first-order valence-corrected chi connectivity index (χ1v) is 6.71. The molecule has 0 aromatic heterocycles. The molecule has 0 spiro atoms. The minimum Gasteiger partial charge on any atom is -0.396 e. The normalized spacial score (nSPS) is 22.5. The Morgan fingerprint density at radius 2 is 1.89 bits per heavy atom. The SMILES string of the molecule is C#Cc1ccc(C(=O)NC2CCC(CO)CC2)cc1. The van der Waals surface area contributed by atoms with E-state index in [1.807, 2.05) is 0 Å². The molecule has 100 valence electrons. The Bertz CT molecular complexity index is 465. The molecule has 0 atom stereocenters. The number of aliphatic hydroxyl groups excluding tert-OH is 1. The van der Waals surface area contributed by atoms with Gasteiger partial charge in [-0.1, -0.05) is 5.92 Å². The van der Waals surface area contributed by atoms with Crippen molar-refractivity contribution in [3.63, 3.8) is 0 Å². The van der Waals surface area contributed by atoms with Gasteiger partial charge in [0, 0.05) is 23.8 Å². The van der Waals surface area contributed by atoms with Crippen LogP contribution >= 0.6 is 0 Å². The van der Waals surface area contributed by atoms with Gasteiger partial charge in [0.25, 0.3) is 5.91 Å². The fraction of sp³-hybridized carbons (Fsp3) is 0.438. The average molecular weight is 257 g/mol. The van der Waals surface area contributed by atoms with E-state index in [0.717, 1.165) is 31.2 Å². The zero-order valence-corrected chi connectivity index (χ0v) is 10.9. The Hall–Kier alpha value is -1.79. The summed E-state index contributed by atoms with van der Waals surface area (Å²) in [5.41, 5.74) is 1.42. The second kappa shape index (κ2) is 6.40. The minimum absolute atomic E-state index is 0.0454. The van der Waals surface area contributed by atoms with Crippen LogP contribution in [0.4, 0.5) is 0 Å². The minimum atomic E-state index is -0.0454. The maximum absolute atomic E-state index is 12.1. The summed E-state index contributed by atoms with van der Waals surface area (Å²) in [6.07, 6.45) is 9.14. The zero-order valence-electron chi connectivity index (χ0n) is 10.9. The maximum Gasteiger partial charge on any atom is 0.251 e. The monoisotopic (exact) mass is 257 g/mol. The largest absolute Gasteiger partial charge is 0.396 e. The molecular weight excluding hydrogens is 238 g/mol. The second-order valence-electron chi connectivity index (χ2n) is 5.10. The fourth-order valence-electron chi connectivity index (χ4n) is 2.48. The van der Waals surface area contributed by atoms with Crippen LogP contribution in [0.15, 0.2) is 24.3 Å². The van der Waals surface area contributed by atoms with Crippen molar-refractivity contribution in [1.29, 1.82) is 0 Å². The van der Waals surface area contributed by atoms with Crippen molar-refractivity contribution < 1.29 is 9.90 Å². The van der Waals surface area contributed by atoms with Crippen molar-refractivity contribution in [3.8, 4) is 12.3 Å². The Balaban J connectivity index is 1.89. The summed E-state index contributed by atoms with van der Waals surface area (Å²) in [5.74, 6) is 2.89. The number of terminal acetylenes is 1. The summed E-state index contributed by atoms with van der Waals surface area (Å²) in [6.45, 7) is 0.258. The van der Waals surface area contributed by atoms with Crippen LogP contribution in [-0.4, -0.2) is 23.7 Å². The van der Waals surface area contributed by atoms with E-state index < -0.39 is 0 Å². The first-order valence-electron chi connectivity index (χ1n) is 6.71. The molecule has 1 saturated carbocycles. The molecule has 0 radical (unpaired) electrons. The molecule has 3 nitrogen and oxygen atoms in total. The van der Waals surface area contributed by atoms with Crippen LogP contribution in [0.1, 0.15) is 41.6 Å². The Labute approximate surface area is 114 Å². The Morgan fingerprint density at radius 3 is 2.42 bits per heavy atom. The summed E-state index contributed by atoms with van der Waals surface area (Å²) < 4.78 is 0. The highest BCUT2D eigenvalue weighted by Gasteiger charge is 2.22. The van der Waals surface area contributed by atoms with E-state index in [1.54, 1.807) is 24.3 Å². The van der Waals surface area contributed by atoms with E-state index in [1.165, 1.54) is 0 Å². The molecule has 1 aromatic carbocycles. The van der Waals surface area contributed by atoms with Crippen LogP contribution in [0.2, 0.25) is 0 Å². The topological polar surface area (TPSA) is 49.3 Å². The van der Waals surface area contributed by atoms with Crippen LogP contribution in [0, 0.1) is 18.3 Å². The highest BCUT2D eigenvalue weighted by Crippen LogP contribution is 2.23. The molecule has 1 aliphatic rings. The molecule has 2 rings (SSSR count). The quantitative estimate of drug-likeness (QED) is 0.813. The number of hydrogen-bond donors (Lipinski definition) is 2. The van der Waals surface area contributed by atoms with Gasteiger partial charge in [0.2, 0.25) is 0 Å². The van der Waals surface area contributed by atoms with Crippen molar-refractivity contribution in [2.45, 2.75) is 31.7 Å². The number of hydrogen-bond acceptors (Lipinski definition) is 2. The number of benzene rings is 1. The number of amides is 1. The van der Waals surface area contributed by atoms with Gasteiger partial charge in [0.1, 0.15) is 0 Å². The standard InChI is InChI=1S/C16H19NO2/c1-2-12-3-7-14(8-4-12)16(19)17-15-9-5-13(11-18)6-10-15/h1,3-4,7-8,13,15,18H,5-6,9-11H2,(H,17,19). The molecule has 2 N–H and O–H groups in total. The van der Waals surface area contributed by atoms with Crippen LogP contribution in [0.25, 0.3) is 0 Å². The van der Waals surface area contributed by atoms with E-state index >= 15 is 0 Å². The predicted molar refractivity (Wildman–Crippen MR) is 74.7 cm³/mol. The van der Waals surface area contributed by atoms with Crippen molar-refractivity contribution in [2.75, 3.05) is 6.61 Å². The second-order valence-corrected chi connectivity index (χ2v) is 5.10. The summed E-state index contributed by atoms with van der Waals surface area (Å²) in [5, 5.41) is 12.1. The van der Waals surface area contributed by atoms with Crippen LogP contribution < -0.4 is 5.32 Å². The van der Waals surface area contributed by atoms with Gasteiger partial charge in [-0.15, -0.1) is 6.42 Å². The first kappa shape index (κ1) is 13.6. The highest BCUT2D eigenvalue weighted by atomic mass is 16.3. The lowest BCUT2D eigenvalue weighted by Crippen LogP contribution is -2.38. The Kier molecular flexibility index (Phi) is 4.59. The molecule has 0 heterocycles. The molecule has 1 aromatic rings. The third-order valence-corrected chi connectivity index (χ3v) is 3.75. The van der Waals surface area contributed by atoms with E-state index in [2.05, 4.69) is 11.2 Å². The fourth-order valence-corrected chi connectivity index (χ4v) is 2.48. The van der Waals surface area contributed by atoms with Crippen LogP contribution in [-0.2, 0) is 0 Å². The lowest BCUT2D eigenvalue weighted by Gasteiger charge is -2.27. The smallest absolute Gasteiger partial charge is 0.251 e. The zero-order chi connectivity index (χ0) is 13.7. The summed E-state index contributed by atoms with van der Waals surface area (Å²) >= 11 is 0. The third-order valence-electron chi connectivity index (χ3n) is 3.75. The molecule has 0 unspecified atom stereocenters. The molecule has 0 bridgehead atoms. The van der Waals surface area contributed by atoms with Crippen molar-refractivity contribution >= 4 is 5.91 Å². The molecule has 1 aliphatic carbocycles. The lowest BCUT2D eigenvalue weighted by molar-refractivity contribution is 0.0914. The van der Waals surface area contributed by atoms with Gasteiger partial charge < -0.3 is 10.4 Å². The maximum atomic E-state index is 12.1. The summed E-state index contributed by atoms with van der Waals surface area (Å²) in [6, 6.07) is 7.28. The molecule has 19 heavy (non-hydrogen) atoms. The summed E-state index contributed by atoms with van der Waals surface area (Å²) in [7, 11) is 0. The van der Waals surface area contributed by atoms with Gasteiger partial charge in [0.15, 0.2) is 0 Å². The Morgan fingerprint density at radius 1 is 1.26 bits per heavy atom. The average Bonchev–Trinajstić information content (AvgIpc) is 2.48. The van der Waals surface area contributed by atoms with E-state index in [-0.39, 0.29) is 18.6 Å². The molecule has 1 amide bonds. The number of carbonyl (C=O) groups is 1.